The number of rotatable bonds is 3. The first-order chi connectivity index (χ1) is 12.1. The van der Waals surface area contributed by atoms with E-state index in [0.29, 0.717) is 24.2 Å². The van der Waals surface area contributed by atoms with Gasteiger partial charge >= 0.3 is 12.1 Å². The average molecular weight is 361 g/mol. The number of aromatic nitrogens is 2. The Bertz CT molecular complexity index is 839. The van der Waals surface area contributed by atoms with Crippen LogP contribution in [0.5, 0.6) is 5.75 Å². The Hall–Kier alpha value is -2.77. The molecule has 0 radical (unpaired) electrons. The summed E-state index contributed by atoms with van der Waals surface area (Å²) in [7, 11) is 0. The number of carbonyl (C=O) groups is 2. The molecule has 2 aromatic rings. The lowest BCUT2D eigenvalue weighted by molar-refractivity contribution is 0.0224. The van der Waals surface area contributed by atoms with E-state index in [4.69, 9.17) is 9.47 Å². The summed E-state index contributed by atoms with van der Waals surface area (Å²) in [6, 6.07) is 3.38. The number of carbonyl (C=O) groups excluding carboxylic acids is 1. The Kier molecular flexibility index (Phi) is 4.52. The number of aromatic carboxylic acids is 1. The molecule has 140 valence electrons. The minimum Gasteiger partial charge on any atom is -0.488 e. The maximum atomic E-state index is 12.3. The van der Waals surface area contributed by atoms with Crippen LogP contribution < -0.4 is 4.74 Å². The first-order valence-corrected chi connectivity index (χ1v) is 8.51. The van der Waals surface area contributed by atoms with E-state index in [1.807, 2.05) is 27.7 Å². The zero-order valence-corrected chi connectivity index (χ0v) is 15.3. The maximum absolute atomic E-state index is 12.3. The second kappa shape index (κ2) is 6.51. The number of likely N-dealkylation sites (tertiary alicyclic amines) is 1. The third-order valence-corrected chi connectivity index (χ3v) is 4.19. The molecule has 8 heteroatoms. The van der Waals surface area contributed by atoms with E-state index in [1.165, 1.54) is 10.7 Å². The van der Waals surface area contributed by atoms with Gasteiger partial charge in [-0.05, 0) is 33.8 Å². The number of carboxylic acids is 1. The molecule has 0 unspecified atom stereocenters. The monoisotopic (exact) mass is 361 g/mol. The fourth-order valence-corrected chi connectivity index (χ4v) is 3.03. The number of hydrogen-bond donors (Lipinski definition) is 1. The van der Waals surface area contributed by atoms with Gasteiger partial charge in [-0.1, -0.05) is 0 Å². The zero-order valence-electron chi connectivity index (χ0n) is 15.3. The molecule has 26 heavy (non-hydrogen) atoms. The Morgan fingerprint density at radius 2 is 2.08 bits per heavy atom. The van der Waals surface area contributed by atoms with Crippen molar-refractivity contribution in [1.29, 1.82) is 0 Å². The van der Waals surface area contributed by atoms with Crippen LogP contribution in [0.25, 0.3) is 5.52 Å². The molecule has 0 spiro atoms. The van der Waals surface area contributed by atoms with Gasteiger partial charge in [0.05, 0.1) is 18.3 Å². The predicted octanol–water partition coefficient (Wildman–Crippen LogP) is 2.81. The molecule has 1 aliphatic rings. The molecule has 2 aromatic heterocycles. The van der Waals surface area contributed by atoms with Gasteiger partial charge in [-0.2, -0.15) is 5.10 Å². The molecule has 3 heterocycles. The highest BCUT2D eigenvalue weighted by Crippen LogP contribution is 2.26. The number of amides is 1. The number of ether oxygens (including phenoxy) is 2. The molecule has 1 saturated heterocycles. The molecule has 3 rings (SSSR count). The second-order valence-corrected chi connectivity index (χ2v) is 7.51. The second-order valence-electron chi connectivity index (χ2n) is 7.51. The summed E-state index contributed by atoms with van der Waals surface area (Å²) in [5.41, 5.74) is 0.0337. The minimum atomic E-state index is -1.04. The molecule has 0 saturated carbocycles. The van der Waals surface area contributed by atoms with Crippen molar-refractivity contribution in [1.82, 2.24) is 14.5 Å². The molecular formula is C18H23N3O5. The van der Waals surface area contributed by atoms with Crippen LogP contribution in [0.15, 0.2) is 24.5 Å². The maximum Gasteiger partial charge on any atom is 0.410 e. The van der Waals surface area contributed by atoms with Gasteiger partial charge in [-0.25, -0.2) is 14.1 Å². The van der Waals surface area contributed by atoms with Gasteiger partial charge in [0, 0.05) is 24.7 Å². The van der Waals surface area contributed by atoms with Crippen LogP contribution in [0.2, 0.25) is 0 Å². The molecule has 0 aromatic carbocycles. The van der Waals surface area contributed by atoms with E-state index in [9.17, 15) is 14.7 Å². The Morgan fingerprint density at radius 3 is 2.73 bits per heavy atom. The van der Waals surface area contributed by atoms with Gasteiger partial charge < -0.3 is 19.5 Å². The SMILES string of the molecule is C[C@H]1C[C@@H](Oc2ccn3ncc(C(=O)O)c3c2)CN1C(=O)OC(C)(C)C. The number of hydrogen-bond acceptors (Lipinski definition) is 5. The summed E-state index contributed by atoms with van der Waals surface area (Å²) in [5.74, 6) is -0.494. The highest BCUT2D eigenvalue weighted by atomic mass is 16.6. The number of carboxylic acid groups (broad SMARTS) is 1. The van der Waals surface area contributed by atoms with Crippen LogP contribution in [0.1, 0.15) is 44.5 Å². The van der Waals surface area contributed by atoms with Gasteiger partial charge in [0.1, 0.15) is 23.0 Å². The number of fused-ring (bicyclic) bond motifs is 1. The van der Waals surface area contributed by atoms with Crippen molar-refractivity contribution >= 4 is 17.6 Å². The molecule has 1 N–H and O–H groups in total. The molecule has 2 atom stereocenters. The van der Waals surface area contributed by atoms with Crippen LogP contribution in [0.4, 0.5) is 4.79 Å². The third-order valence-electron chi connectivity index (χ3n) is 4.19. The minimum absolute atomic E-state index is 0.00290. The van der Waals surface area contributed by atoms with Crippen molar-refractivity contribution < 1.29 is 24.2 Å². The van der Waals surface area contributed by atoms with E-state index in [2.05, 4.69) is 5.10 Å². The quantitative estimate of drug-likeness (QED) is 0.903. The van der Waals surface area contributed by atoms with Crippen LogP contribution in [0, 0.1) is 0 Å². The average Bonchev–Trinajstić information content (AvgIpc) is 3.08. The van der Waals surface area contributed by atoms with E-state index in [1.54, 1.807) is 23.2 Å². The smallest absolute Gasteiger partial charge is 0.410 e. The van der Waals surface area contributed by atoms with Crippen LogP contribution in [-0.4, -0.2) is 56.0 Å². The van der Waals surface area contributed by atoms with Gasteiger partial charge in [0.15, 0.2) is 0 Å². The van der Waals surface area contributed by atoms with Crippen LogP contribution in [-0.2, 0) is 4.74 Å². The highest BCUT2D eigenvalue weighted by molar-refractivity contribution is 5.95. The van der Waals surface area contributed by atoms with Gasteiger partial charge in [-0.15, -0.1) is 0 Å². The van der Waals surface area contributed by atoms with Crippen molar-refractivity contribution in [2.24, 2.45) is 0 Å². The summed E-state index contributed by atoms with van der Waals surface area (Å²) in [6.07, 6.45) is 3.10. The standard InChI is InChI=1S/C18H23N3O5/c1-11-7-13(10-20(11)17(24)26-18(2,3)4)25-12-5-6-21-15(8-12)14(9-19-21)16(22)23/h5-6,8-9,11,13H,7,10H2,1-4H3,(H,22,23)/t11-,13+/m0/s1. The molecule has 1 fully saturated rings. The Labute approximate surface area is 151 Å². The van der Waals surface area contributed by atoms with Crippen molar-refractivity contribution in [2.45, 2.75) is 51.9 Å². The zero-order chi connectivity index (χ0) is 19.1. The molecular weight excluding hydrogens is 338 g/mol. The predicted molar refractivity (Wildman–Crippen MR) is 93.6 cm³/mol. The molecule has 1 aliphatic heterocycles. The number of nitrogens with zero attached hydrogens (tertiary/aromatic N) is 3. The largest absolute Gasteiger partial charge is 0.488 e. The summed E-state index contributed by atoms with van der Waals surface area (Å²) in [6.45, 7) is 7.88. The first kappa shape index (κ1) is 18.0. The van der Waals surface area contributed by atoms with Crippen molar-refractivity contribution in [2.75, 3.05) is 6.54 Å². The number of pyridine rings is 1. The summed E-state index contributed by atoms with van der Waals surface area (Å²) >= 11 is 0. The third kappa shape index (κ3) is 3.74. The molecule has 8 nitrogen and oxygen atoms in total. The molecule has 1 amide bonds. The van der Waals surface area contributed by atoms with Gasteiger partial charge in [0.2, 0.25) is 0 Å². The lowest BCUT2D eigenvalue weighted by atomic mass is 10.2. The van der Waals surface area contributed by atoms with Gasteiger partial charge in [-0.3, -0.25) is 0 Å². The lowest BCUT2D eigenvalue weighted by Crippen LogP contribution is -2.39. The van der Waals surface area contributed by atoms with E-state index in [-0.39, 0.29) is 23.8 Å². The fourth-order valence-electron chi connectivity index (χ4n) is 3.03. The topological polar surface area (TPSA) is 93.4 Å². The first-order valence-electron chi connectivity index (χ1n) is 8.51. The summed E-state index contributed by atoms with van der Waals surface area (Å²) < 4.78 is 12.9. The van der Waals surface area contributed by atoms with E-state index >= 15 is 0 Å². The Morgan fingerprint density at radius 1 is 1.35 bits per heavy atom. The highest BCUT2D eigenvalue weighted by Gasteiger charge is 2.36. The van der Waals surface area contributed by atoms with Crippen molar-refractivity contribution in [3.8, 4) is 5.75 Å². The van der Waals surface area contributed by atoms with Crippen molar-refractivity contribution in [3.63, 3.8) is 0 Å². The fraction of sp³-hybridized carbons (Fsp3) is 0.500. The molecule has 0 bridgehead atoms. The van der Waals surface area contributed by atoms with Crippen molar-refractivity contribution in [3.05, 3.63) is 30.1 Å². The van der Waals surface area contributed by atoms with E-state index < -0.39 is 11.6 Å². The Balaban J connectivity index is 1.72. The van der Waals surface area contributed by atoms with Gasteiger partial charge in [0.25, 0.3) is 0 Å². The normalized spacial score (nSPS) is 20.4. The van der Waals surface area contributed by atoms with E-state index in [0.717, 1.165) is 0 Å². The summed E-state index contributed by atoms with van der Waals surface area (Å²) in [5, 5.41) is 13.2. The molecule has 0 aliphatic carbocycles. The van der Waals surface area contributed by atoms with Crippen LogP contribution in [0.3, 0.4) is 0 Å². The lowest BCUT2D eigenvalue weighted by Gasteiger charge is -2.26. The summed E-state index contributed by atoms with van der Waals surface area (Å²) in [4.78, 5) is 25.2. The van der Waals surface area contributed by atoms with Crippen LogP contribution >= 0.6 is 0 Å².